The molecule has 11 heavy (non-hydrogen) atoms. The Morgan fingerprint density at radius 1 is 1.18 bits per heavy atom. The molecule has 0 aliphatic rings. The molecule has 1 aromatic rings. The number of aryl methyl sites for hydroxylation is 1. The summed E-state index contributed by atoms with van der Waals surface area (Å²) >= 11 is 0. The van der Waals surface area contributed by atoms with Crippen LogP contribution in [0.4, 0.5) is 0 Å². The second-order valence-electron chi connectivity index (χ2n) is 2.22. The summed E-state index contributed by atoms with van der Waals surface area (Å²) in [6.45, 7) is 1.91. The molecule has 0 atom stereocenters. The van der Waals surface area contributed by atoms with Gasteiger partial charge in [-0.2, -0.15) is 0 Å². The standard InChI is InChI=1S/C7H7BO3/c1-6-2-4-7(5-3-6)11-8(9)10/h2-5H,1H3/q-2. The number of benzene rings is 1. The van der Waals surface area contributed by atoms with E-state index in [0.717, 1.165) is 5.56 Å². The van der Waals surface area contributed by atoms with E-state index >= 15 is 0 Å². The Balaban J connectivity index is 2.66. The average molecular weight is 150 g/mol. The molecule has 3 nitrogen and oxygen atoms in total. The molecule has 58 valence electrons. The minimum Gasteiger partial charge on any atom is -0.860 e. The molecule has 0 heterocycles. The van der Waals surface area contributed by atoms with Crippen molar-refractivity contribution in [1.29, 1.82) is 0 Å². The summed E-state index contributed by atoms with van der Waals surface area (Å²) in [6.07, 6.45) is 0. The lowest BCUT2D eigenvalue weighted by Crippen LogP contribution is -2.50. The molecule has 0 amide bonds. The molecule has 1 aromatic carbocycles. The maximum absolute atomic E-state index is 10.0. The smallest absolute Gasteiger partial charge is 0.133 e. The largest absolute Gasteiger partial charge is 0.860 e. The van der Waals surface area contributed by atoms with Gasteiger partial charge in [-0.15, -0.1) is 0 Å². The van der Waals surface area contributed by atoms with Crippen molar-refractivity contribution in [2.75, 3.05) is 0 Å². The van der Waals surface area contributed by atoms with Crippen LogP contribution in [0.5, 0.6) is 5.75 Å². The van der Waals surface area contributed by atoms with Crippen LogP contribution in [0.15, 0.2) is 24.3 Å². The normalized spacial score (nSPS) is 9.36. The predicted molar refractivity (Wildman–Crippen MR) is 37.6 cm³/mol. The molecule has 0 aliphatic carbocycles. The van der Waals surface area contributed by atoms with Gasteiger partial charge >= 0.3 is 0 Å². The van der Waals surface area contributed by atoms with Crippen LogP contribution in [0.3, 0.4) is 0 Å². The monoisotopic (exact) mass is 150 g/mol. The van der Waals surface area contributed by atoms with Crippen LogP contribution in [0.1, 0.15) is 5.56 Å². The summed E-state index contributed by atoms with van der Waals surface area (Å²) in [6, 6.07) is 6.74. The number of rotatable bonds is 2. The van der Waals surface area contributed by atoms with Crippen LogP contribution in [-0.4, -0.2) is 7.32 Å². The zero-order chi connectivity index (χ0) is 8.27. The van der Waals surface area contributed by atoms with Gasteiger partial charge in [0.05, 0.1) is 5.75 Å². The lowest BCUT2D eigenvalue weighted by molar-refractivity contribution is -0.372. The lowest BCUT2D eigenvalue weighted by Gasteiger charge is -2.26. The molecule has 0 aliphatic heterocycles. The Kier molecular flexibility index (Phi) is 2.51. The molecule has 0 aromatic heterocycles. The van der Waals surface area contributed by atoms with Gasteiger partial charge in [0.25, 0.3) is 0 Å². The fourth-order valence-electron chi connectivity index (χ4n) is 0.728. The summed E-state index contributed by atoms with van der Waals surface area (Å²) in [5, 5.41) is 20.0. The van der Waals surface area contributed by atoms with E-state index in [0.29, 0.717) is 5.75 Å². The third kappa shape index (κ3) is 2.61. The second-order valence-corrected chi connectivity index (χ2v) is 2.22. The fraction of sp³-hybridized carbons (Fsp3) is 0.143. The van der Waals surface area contributed by atoms with Crippen molar-refractivity contribution in [2.45, 2.75) is 6.92 Å². The quantitative estimate of drug-likeness (QED) is 0.512. The van der Waals surface area contributed by atoms with Crippen molar-refractivity contribution >= 4 is 7.32 Å². The molecule has 0 unspecified atom stereocenters. The Hall–Kier alpha value is -0.995. The van der Waals surface area contributed by atoms with Gasteiger partial charge in [0.1, 0.15) is 7.32 Å². The maximum Gasteiger partial charge on any atom is 0.133 e. The van der Waals surface area contributed by atoms with Crippen molar-refractivity contribution in [2.24, 2.45) is 0 Å². The van der Waals surface area contributed by atoms with E-state index in [1.807, 2.05) is 6.92 Å². The van der Waals surface area contributed by atoms with Crippen molar-refractivity contribution in [1.82, 2.24) is 0 Å². The van der Waals surface area contributed by atoms with Crippen molar-refractivity contribution < 1.29 is 14.7 Å². The second kappa shape index (κ2) is 3.41. The molecule has 1 rings (SSSR count). The molecule has 0 saturated heterocycles. The maximum atomic E-state index is 10.0. The van der Waals surface area contributed by atoms with E-state index < -0.39 is 7.32 Å². The first kappa shape index (κ1) is 8.10. The van der Waals surface area contributed by atoms with Crippen molar-refractivity contribution in [3.05, 3.63) is 29.8 Å². The fourth-order valence-corrected chi connectivity index (χ4v) is 0.728. The first-order chi connectivity index (χ1) is 5.18. The third-order valence-corrected chi connectivity index (χ3v) is 1.25. The minimum atomic E-state index is -2.24. The number of hydrogen-bond donors (Lipinski definition) is 0. The zero-order valence-corrected chi connectivity index (χ0v) is 6.11. The van der Waals surface area contributed by atoms with Gasteiger partial charge in [0.15, 0.2) is 0 Å². The van der Waals surface area contributed by atoms with E-state index in [4.69, 9.17) is 0 Å². The summed E-state index contributed by atoms with van der Waals surface area (Å²) in [5.41, 5.74) is 1.06. The van der Waals surface area contributed by atoms with Crippen LogP contribution < -0.4 is 14.7 Å². The first-order valence-electron chi connectivity index (χ1n) is 3.23. The van der Waals surface area contributed by atoms with E-state index in [1.165, 1.54) is 0 Å². The van der Waals surface area contributed by atoms with Gasteiger partial charge in [0.2, 0.25) is 0 Å². The van der Waals surface area contributed by atoms with Gasteiger partial charge in [-0.05, 0) is 19.1 Å². The van der Waals surface area contributed by atoms with Crippen molar-refractivity contribution in [3.63, 3.8) is 0 Å². The van der Waals surface area contributed by atoms with Gasteiger partial charge in [-0.1, -0.05) is 17.7 Å². The highest BCUT2D eigenvalue weighted by atomic mass is 16.6. The molecular formula is C7H7BO3-2. The first-order valence-corrected chi connectivity index (χ1v) is 3.23. The summed E-state index contributed by atoms with van der Waals surface area (Å²) in [4.78, 5) is 0. The topological polar surface area (TPSA) is 55.3 Å². The molecule has 0 spiro atoms. The summed E-state index contributed by atoms with van der Waals surface area (Å²) in [5.74, 6) is 0.325. The van der Waals surface area contributed by atoms with E-state index in [-0.39, 0.29) is 0 Å². The molecule has 0 fully saturated rings. The molecule has 0 saturated carbocycles. The number of hydrogen-bond acceptors (Lipinski definition) is 3. The van der Waals surface area contributed by atoms with Gasteiger partial charge in [0, 0.05) is 0 Å². The SMILES string of the molecule is Cc1ccc(OB([O-])[O-])cc1. The van der Waals surface area contributed by atoms with Crippen molar-refractivity contribution in [3.8, 4) is 5.75 Å². The molecule has 0 N–H and O–H groups in total. The van der Waals surface area contributed by atoms with Crippen LogP contribution in [0, 0.1) is 6.92 Å². The molecule has 0 radical (unpaired) electrons. The Morgan fingerprint density at radius 2 is 1.73 bits per heavy atom. The van der Waals surface area contributed by atoms with Crippen LogP contribution >= 0.6 is 0 Å². The molecule has 0 bridgehead atoms. The summed E-state index contributed by atoms with van der Waals surface area (Å²) < 4.78 is 4.36. The average Bonchev–Trinajstić information content (AvgIpc) is 1.93. The van der Waals surface area contributed by atoms with Crippen LogP contribution in [0.25, 0.3) is 0 Å². The van der Waals surface area contributed by atoms with Gasteiger partial charge in [-0.25, -0.2) is 0 Å². The molecule has 4 heteroatoms. The molecular weight excluding hydrogens is 143 g/mol. The zero-order valence-electron chi connectivity index (χ0n) is 6.11. The Bertz CT molecular complexity index is 220. The lowest BCUT2D eigenvalue weighted by atomic mass is 10.2. The highest BCUT2D eigenvalue weighted by molar-refractivity contribution is 6.29. The Morgan fingerprint density at radius 3 is 2.18 bits per heavy atom. The van der Waals surface area contributed by atoms with Crippen LogP contribution in [0.2, 0.25) is 0 Å². The highest BCUT2D eigenvalue weighted by Gasteiger charge is 1.88. The van der Waals surface area contributed by atoms with Gasteiger partial charge in [-0.3, -0.25) is 0 Å². The predicted octanol–water partition coefficient (Wildman–Crippen LogP) is -0.921. The van der Waals surface area contributed by atoms with E-state index in [9.17, 15) is 10.0 Å². The van der Waals surface area contributed by atoms with E-state index in [2.05, 4.69) is 4.65 Å². The Labute approximate surface area is 65.4 Å². The van der Waals surface area contributed by atoms with E-state index in [1.54, 1.807) is 24.3 Å². The highest BCUT2D eigenvalue weighted by Crippen LogP contribution is 2.10. The van der Waals surface area contributed by atoms with Crippen LogP contribution in [-0.2, 0) is 0 Å². The van der Waals surface area contributed by atoms with Gasteiger partial charge < -0.3 is 14.7 Å². The minimum absolute atomic E-state index is 0.325. The third-order valence-electron chi connectivity index (χ3n) is 1.25. The summed E-state index contributed by atoms with van der Waals surface area (Å²) in [7, 11) is -2.24.